The van der Waals surface area contributed by atoms with Gasteiger partial charge in [-0.15, -0.1) is 0 Å². The molecule has 0 saturated heterocycles. The summed E-state index contributed by atoms with van der Waals surface area (Å²) in [4.78, 5) is 10.5. The Hall–Kier alpha value is -1.31. The Morgan fingerprint density at radius 2 is 2.17 bits per heavy atom. The third kappa shape index (κ3) is 1.47. The number of carbonyl (C=O) groups excluding carboxylic acids is 1. The SMILES string of the molecule is CCc1cc(C=O)c(C)cc1O. The van der Waals surface area contributed by atoms with Gasteiger partial charge < -0.3 is 5.11 Å². The molecule has 1 N–H and O–H groups in total. The van der Waals surface area contributed by atoms with Crippen LogP contribution in [0.4, 0.5) is 0 Å². The lowest BCUT2D eigenvalue weighted by Crippen LogP contribution is -1.90. The van der Waals surface area contributed by atoms with Crippen LogP contribution in [0.15, 0.2) is 12.1 Å². The zero-order valence-electron chi connectivity index (χ0n) is 7.29. The fraction of sp³-hybridized carbons (Fsp3) is 0.300. The minimum atomic E-state index is 0.278. The fourth-order valence-electron chi connectivity index (χ4n) is 1.17. The van der Waals surface area contributed by atoms with Crippen molar-refractivity contribution < 1.29 is 9.90 Å². The highest BCUT2D eigenvalue weighted by atomic mass is 16.3. The summed E-state index contributed by atoms with van der Waals surface area (Å²) >= 11 is 0. The summed E-state index contributed by atoms with van der Waals surface area (Å²) in [6.07, 6.45) is 1.56. The molecule has 0 aliphatic rings. The summed E-state index contributed by atoms with van der Waals surface area (Å²) < 4.78 is 0. The van der Waals surface area contributed by atoms with Gasteiger partial charge >= 0.3 is 0 Å². The van der Waals surface area contributed by atoms with Crippen molar-refractivity contribution >= 4 is 6.29 Å². The van der Waals surface area contributed by atoms with E-state index in [-0.39, 0.29) is 5.75 Å². The molecule has 1 aromatic carbocycles. The molecule has 2 heteroatoms. The van der Waals surface area contributed by atoms with Crippen molar-refractivity contribution in [1.82, 2.24) is 0 Å². The standard InChI is InChI=1S/C10H12O2/c1-3-8-5-9(6-11)7(2)4-10(8)12/h4-6,12H,3H2,1-2H3. The van der Waals surface area contributed by atoms with Gasteiger partial charge in [-0.05, 0) is 36.6 Å². The van der Waals surface area contributed by atoms with Crippen LogP contribution in [0.1, 0.15) is 28.4 Å². The van der Waals surface area contributed by atoms with Crippen molar-refractivity contribution in [1.29, 1.82) is 0 Å². The zero-order chi connectivity index (χ0) is 9.14. The minimum Gasteiger partial charge on any atom is -0.508 e. The Balaban J connectivity index is 3.26. The predicted octanol–water partition coefficient (Wildman–Crippen LogP) is 2.08. The number of carbonyl (C=O) groups is 1. The average Bonchev–Trinajstić information content (AvgIpc) is 2.05. The number of rotatable bonds is 2. The quantitative estimate of drug-likeness (QED) is 0.679. The van der Waals surface area contributed by atoms with Gasteiger partial charge in [-0.1, -0.05) is 6.92 Å². The second-order valence-corrected chi connectivity index (χ2v) is 2.81. The van der Waals surface area contributed by atoms with Gasteiger partial charge in [0.15, 0.2) is 0 Å². The van der Waals surface area contributed by atoms with Crippen LogP contribution in [0.5, 0.6) is 5.75 Å². The molecule has 0 atom stereocenters. The molecule has 0 amide bonds. The van der Waals surface area contributed by atoms with Gasteiger partial charge in [-0.25, -0.2) is 0 Å². The van der Waals surface area contributed by atoms with Crippen LogP contribution in [-0.2, 0) is 6.42 Å². The molecule has 0 unspecified atom stereocenters. The first-order chi connectivity index (χ1) is 5.69. The maximum absolute atomic E-state index is 10.5. The number of hydrogen-bond acceptors (Lipinski definition) is 2. The van der Waals surface area contributed by atoms with Crippen molar-refractivity contribution in [3.63, 3.8) is 0 Å². The highest BCUT2D eigenvalue weighted by Gasteiger charge is 2.03. The summed E-state index contributed by atoms with van der Waals surface area (Å²) in [7, 11) is 0. The largest absolute Gasteiger partial charge is 0.508 e. The molecular formula is C10H12O2. The van der Waals surface area contributed by atoms with Gasteiger partial charge in [0.05, 0.1) is 0 Å². The van der Waals surface area contributed by atoms with Crippen molar-refractivity contribution in [2.75, 3.05) is 0 Å². The van der Waals surface area contributed by atoms with Crippen LogP contribution >= 0.6 is 0 Å². The third-order valence-electron chi connectivity index (χ3n) is 1.98. The molecule has 0 fully saturated rings. The Morgan fingerprint density at radius 1 is 1.50 bits per heavy atom. The molecule has 0 aliphatic heterocycles. The second kappa shape index (κ2) is 3.39. The van der Waals surface area contributed by atoms with Gasteiger partial charge in [-0.3, -0.25) is 4.79 Å². The maximum Gasteiger partial charge on any atom is 0.150 e. The van der Waals surface area contributed by atoms with E-state index in [1.54, 1.807) is 12.1 Å². The van der Waals surface area contributed by atoms with E-state index >= 15 is 0 Å². The molecule has 0 aliphatic carbocycles. The first-order valence-electron chi connectivity index (χ1n) is 3.96. The highest BCUT2D eigenvalue weighted by molar-refractivity contribution is 5.78. The van der Waals surface area contributed by atoms with Gasteiger partial charge in [0.2, 0.25) is 0 Å². The van der Waals surface area contributed by atoms with E-state index in [1.807, 2.05) is 13.8 Å². The summed E-state index contributed by atoms with van der Waals surface area (Å²) in [5.41, 5.74) is 2.30. The van der Waals surface area contributed by atoms with E-state index in [9.17, 15) is 9.90 Å². The van der Waals surface area contributed by atoms with Gasteiger partial charge in [0, 0.05) is 5.56 Å². The number of aldehydes is 1. The van der Waals surface area contributed by atoms with Gasteiger partial charge in [0.1, 0.15) is 12.0 Å². The summed E-state index contributed by atoms with van der Waals surface area (Å²) in [6.45, 7) is 3.75. The van der Waals surface area contributed by atoms with E-state index in [2.05, 4.69) is 0 Å². The first-order valence-corrected chi connectivity index (χ1v) is 3.96. The van der Waals surface area contributed by atoms with Crippen molar-refractivity contribution in [3.05, 3.63) is 28.8 Å². The number of phenolic OH excluding ortho intramolecular Hbond substituents is 1. The summed E-state index contributed by atoms with van der Waals surface area (Å²) in [5, 5.41) is 9.40. The Kier molecular flexibility index (Phi) is 2.48. The van der Waals surface area contributed by atoms with Gasteiger partial charge in [0.25, 0.3) is 0 Å². The number of phenols is 1. The first kappa shape index (κ1) is 8.78. The molecule has 12 heavy (non-hydrogen) atoms. The average molecular weight is 164 g/mol. The van der Waals surface area contributed by atoms with Crippen molar-refractivity contribution in [2.45, 2.75) is 20.3 Å². The van der Waals surface area contributed by atoms with E-state index in [4.69, 9.17) is 0 Å². The molecule has 0 spiro atoms. The lowest BCUT2D eigenvalue weighted by Gasteiger charge is -2.04. The number of aromatic hydroxyl groups is 1. The zero-order valence-corrected chi connectivity index (χ0v) is 7.29. The van der Waals surface area contributed by atoms with E-state index in [0.29, 0.717) is 5.56 Å². The predicted molar refractivity (Wildman–Crippen MR) is 47.6 cm³/mol. The fourth-order valence-corrected chi connectivity index (χ4v) is 1.17. The van der Waals surface area contributed by atoms with Crippen molar-refractivity contribution in [2.24, 2.45) is 0 Å². The third-order valence-corrected chi connectivity index (χ3v) is 1.98. The Morgan fingerprint density at radius 3 is 2.67 bits per heavy atom. The molecule has 0 bridgehead atoms. The Bertz CT molecular complexity index is 303. The number of benzene rings is 1. The van der Waals surface area contributed by atoms with Crippen molar-refractivity contribution in [3.8, 4) is 5.75 Å². The van der Waals surface area contributed by atoms with Crippen LogP contribution in [0.2, 0.25) is 0 Å². The molecular weight excluding hydrogens is 152 g/mol. The minimum absolute atomic E-state index is 0.278. The molecule has 64 valence electrons. The van der Waals surface area contributed by atoms with Gasteiger partial charge in [-0.2, -0.15) is 0 Å². The van der Waals surface area contributed by atoms with Crippen LogP contribution < -0.4 is 0 Å². The molecule has 0 aromatic heterocycles. The topological polar surface area (TPSA) is 37.3 Å². The highest BCUT2D eigenvalue weighted by Crippen LogP contribution is 2.21. The summed E-state index contributed by atoms with van der Waals surface area (Å²) in [5.74, 6) is 0.278. The maximum atomic E-state index is 10.5. The van der Waals surface area contributed by atoms with Crippen LogP contribution in [-0.4, -0.2) is 11.4 Å². The molecule has 1 aromatic rings. The second-order valence-electron chi connectivity index (χ2n) is 2.81. The monoisotopic (exact) mass is 164 g/mol. The van der Waals surface area contributed by atoms with Crippen LogP contribution in [0, 0.1) is 6.92 Å². The lowest BCUT2D eigenvalue weighted by molar-refractivity contribution is 0.112. The smallest absolute Gasteiger partial charge is 0.150 e. The summed E-state index contributed by atoms with van der Waals surface area (Å²) in [6, 6.07) is 3.36. The van der Waals surface area contributed by atoms with E-state index in [1.165, 1.54) is 0 Å². The molecule has 2 nitrogen and oxygen atoms in total. The number of hydrogen-bond donors (Lipinski definition) is 1. The Labute approximate surface area is 71.8 Å². The normalized spacial score (nSPS) is 9.83. The molecule has 0 radical (unpaired) electrons. The number of aryl methyl sites for hydroxylation is 2. The molecule has 0 saturated carbocycles. The molecule has 1 rings (SSSR count). The lowest BCUT2D eigenvalue weighted by atomic mass is 10.0. The van der Waals surface area contributed by atoms with E-state index in [0.717, 1.165) is 23.8 Å². The van der Waals surface area contributed by atoms with Crippen LogP contribution in [0.3, 0.4) is 0 Å². The van der Waals surface area contributed by atoms with Crippen LogP contribution in [0.25, 0.3) is 0 Å². The molecule has 0 heterocycles. The van der Waals surface area contributed by atoms with E-state index < -0.39 is 0 Å².